The molecule has 2 aromatic carbocycles. The van der Waals surface area contributed by atoms with Crippen LogP contribution in [0.25, 0.3) is 22.5 Å². The van der Waals surface area contributed by atoms with E-state index >= 15 is 0 Å². The van der Waals surface area contributed by atoms with Crippen molar-refractivity contribution in [3.8, 4) is 17.2 Å². The molecule has 2 aromatic heterocycles. The largest absolute Gasteiger partial charge is 0.491 e. The van der Waals surface area contributed by atoms with E-state index in [0.29, 0.717) is 31.2 Å². The van der Waals surface area contributed by atoms with Crippen molar-refractivity contribution in [2.24, 2.45) is 0 Å². The first-order valence-corrected chi connectivity index (χ1v) is 9.42. The number of oxazole rings is 1. The number of imidazole rings is 1. The van der Waals surface area contributed by atoms with E-state index in [1.54, 1.807) is 6.33 Å². The third kappa shape index (κ3) is 4.13. The number of fused-ring (bicyclic) bond motifs is 1. The molecular weight excluding hydrogens is 370 g/mol. The summed E-state index contributed by atoms with van der Waals surface area (Å²) in [6.07, 6.45) is 2.30. The minimum Gasteiger partial charge on any atom is -0.491 e. The van der Waals surface area contributed by atoms with E-state index in [2.05, 4.69) is 9.97 Å². The monoisotopic (exact) mass is 391 g/mol. The first-order chi connectivity index (χ1) is 14.1. The van der Waals surface area contributed by atoms with Crippen LogP contribution in [0.1, 0.15) is 17.9 Å². The van der Waals surface area contributed by atoms with Crippen molar-refractivity contribution in [1.82, 2.24) is 14.5 Å². The van der Waals surface area contributed by atoms with Gasteiger partial charge >= 0.3 is 5.97 Å². The Balaban J connectivity index is 1.44. The number of carbonyl (C=O) groups is 1. The quantitative estimate of drug-likeness (QED) is 0.486. The average Bonchev–Trinajstić information content (AvgIpc) is 3.31. The number of benzene rings is 2. The van der Waals surface area contributed by atoms with Crippen LogP contribution in [-0.2, 0) is 17.8 Å². The Morgan fingerprint density at radius 1 is 1.17 bits per heavy atom. The lowest BCUT2D eigenvalue weighted by atomic mass is 10.2. The van der Waals surface area contributed by atoms with Crippen LogP contribution in [0.5, 0.6) is 5.75 Å². The van der Waals surface area contributed by atoms with Crippen molar-refractivity contribution >= 4 is 17.0 Å². The highest BCUT2D eigenvalue weighted by atomic mass is 16.5. The summed E-state index contributed by atoms with van der Waals surface area (Å²) >= 11 is 0. The molecule has 0 amide bonds. The fraction of sp³-hybridized carbons (Fsp3) is 0.227. The molecule has 148 valence electrons. The average molecular weight is 391 g/mol. The number of aliphatic carboxylic acids is 1. The normalized spacial score (nSPS) is 11.1. The van der Waals surface area contributed by atoms with Gasteiger partial charge in [-0.3, -0.25) is 4.79 Å². The van der Waals surface area contributed by atoms with Crippen molar-refractivity contribution in [2.75, 3.05) is 6.61 Å². The Hall–Kier alpha value is -3.61. The van der Waals surface area contributed by atoms with E-state index in [-0.39, 0.29) is 6.42 Å². The van der Waals surface area contributed by atoms with E-state index in [0.717, 1.165) is 28.1 Å². The van der Waals surface area contributed by atoms with Crippen LogP contribution in [0.2, 0.25) is 0 Å². The zero-order valence-electron chi connectivity index (χ0n) is 16.0. The Kier molecular flexibility index (Phi) is 5.29. The molecule has 0 fully saturated rings. The maximum absolute atomic E-state index is 10.8. The Bertz CT molecular complexity index is 1130. The summed E-state index contributed by atoms with van der Waals surface area (Å²) in [6, 6.07) is 15.4. The van der Waals surface area contributed by atoms with Gasteiger partial charge in [-0.05, 0) is 31.2 Å². The van der Waals surface area contributed by atoms with E-state index in [4.69, 9.17) is 14.3 Å². The highest BCUT2D eigenvalue weighted by Gasteiger charge is 2.13. The number of para-hydroxylation sites is 1. The predicted molar refractivity (Wildman–Crippen MR) is 108 cm³/mol. The molecule has 0 spiro atoms. The van der Waals surface area contributed by atoms with Crippen LogP contribution < -0.4 is 4.74 Å². The van der Waals surface area contributed by atoms with Crippen molar-refractivity contribution < 1.29 is 19.1 Å². The van der Waals surface area contributed by atoms with Crippen LogP contribution >= 0.6 is 0 Å². The first-order valence-electron chi connectivity index (χ1n) is 9.42. The Labute approximate surface area is 167 Å². The van der Waals surface area contributed by atoms with Crippen molar-refractivity contribution in [1.29, 1.82) is 0 Å². The number of hydrogen-bond donors (Lipinski definition) is 1. The lowest BCUT2D eigenvalue weighted by Gasteiger charge is -2.07. The SMILES string of the molecule is Cc1oc(-c2ccccc2)nc1CCOc1cccc2c1ncn2CCC(=O)O. The van der Waals surface area contributed by atoms with E-state index < -0.39 is 5.97 Å². The van der Waals surface area contributed by atoms with Gasteiger partial charge in [-0.2, -0.15) is 0 Å². The summed E-state index contributed by atoms with van der Waals surface area (Å²) in [6.45, 7) is 2.71. The topological polar surface area (TPSA) is 90.4 Å². The highest BCUT2D eigenvalue weighted by molar-refractivity contribution is 5.82. The molecule has 0 aliphatic heterocycles. The molecular formula is C22H21N3O4. The third-order valence-electron chi connectivity index (χ3n) is 4.69. The molecule has 29 heavy (non-hydrogen) atoms. The molecule has 7 nitrogen and oxygen atoms in total. The zero-order chi connectivity index (χ0) is 20.2. The van der Waals surface area contributed by atoms with Crippen LogP contribution in [0, 0.1) is 6.92 Å². The van der Waals surface area contributed by atoms with Gasteiger partial charge in [0, 0.05) is 18.5 Å². The van der Waals surface area contributed by atoms with Gasteiger partial charge in [-0.15, -0.1) is 0 Å². The van der Waals surface area contributed by atoms with Crippen LogP contribution in [0.4, 0.5) is 0 Å². The maximum Gasteiger partial charge on any atom is 0.305 e. The number of ether oxygens (including phenoxy) is 1. The fourth-order valence-electron chi connectivity index (χ4n) is 3.19. The third-order valence-corrected chi connectivity index (χ3v) is 4.69. The summed E-state index contributed by atoms with van der Waals surface area (Å²) in [5.74, 6) is 1.22. The van der Waals surface area contributed by atoms with Crippen molar-refractivity contribution in [3.63, 3.8) is 0 Å². The van der Waals surface area contributed by atoms with Crippen LogP contribution in [0.15, 0.2) is 59.3 Å². The molecule has 0 saturated carbocycles. The van der Waals surface area contributed by atoms with Crippen molar-refractivity contribution in [2.45, 2.75) is 26.3 Å². The second-order valence-electron chi connectivity index (χ2n) is 6.69. The molecule has 4 rings (SSSR count). The lowest BCUT2D eigenvalue weighted by molar-refractivity contribution is -0.137. The highest BCUT2D eigenvalue weighted by Crippen LogP contribution is 2.25. The minimum atomic E-state index is -0.836. The van der Waals surface area contributed by atoms with Crippen molar-refractivity contribution in [3.05, 3.63) is 66.3 Å². The van der Waals surface area contributed by atoms with E-state index in [9.17, 15) is 4.79 Å². The minimum absolute atomic E-state index is 0.0473. The fourth-order valence-corrected chi connectivity index (χ4v) is 3.19. The van der Waals surface area contributed by atoms with E-state index in [1.165, 1.54) is 0 Å². The predicted octanol–water partition coefficient (Wildman–Crippen LogP) is 4.10. The molecule has 0 bridgehead atoms. The number of carboxylic acids is 1. The van der Waals surface area contributed by atoms with Gasteiger partial charge < -0.3 is 18.8 Å². The molecule has 0 unspecified atom stereocenters. The standard InChI is InChI=1S/C22H21N3O4/c1-15-17(24-22(29-15)16-6-3-2-4-7-16)11-13-28-19-9-5-8-18-21(19)23-14-25(18)12-10-20(26)27/h2-9,14H,10-13H2,1H3,(H,26,27). The van der Waals surface area contributed by atoms with Gasteiger partial charge in [-0.1, -0.05) is 24.3 Å². The zero-order valence-corrected chi connectivity index (χ0v) is 16.0. The van der Waals surface area contributed by atoms with Gasteiger partial charge in [0.15, 0.2) is 0 Å². The summed E-state index contributed by atoms with van der Waals surface area (Å²) in [7, 11) is 0. The van der Waals surface area contributed by atoms with Crippen LogP contribution in [0.3, 0.4) is 0 Å². The number of hydrogen-bond acceptors (Lipinski definition) is 5. The first kappa shape index (κ1) is 18.7. The smallest absolute Gasteiger partial charge is 0.305 e. The van der Waals surface area contributed by atoms with Crippen LogP contribution in [-0.4, -0.2) is 32.2 Å². The molecule has 0 saturated heterocycles. The number of aromatic nitrogens is 3. The van der Waals surface area contributed by atoms with Gasteiger partial charge in [0.05, 0.1) is 30.6 Å². The molecule has 2 heterocycles. The summed E-state index contributed by atoms with van der Waals surface area (Å²) in [4.78, 5) is 19.8. The molecule has 4 aromatic rings. The number of rotatable bonds is 8. The molecule has 1 N–H and O–H groups in total. The summed E-state index contributed by atoms with van der Waals surface area (Å²) < 4.78 is 13.6. The van der Waals surface area contributed by atoms with Gasteiger partial charge in [0.1, 0.15) is 17.0 Å². The number of aryl methyl sites for hydroxylation is 2. The Morgan fingerprint density at radius 3 is 2.79 bits per heavy atom. The summed E-state index contributed by atoms with van der Waals surface area (Å²) in [5.41, 5.74) is 3.38. The number of carboxylic acid groups (broad SMARTS) is 1. The van der Waals surface area contributed by atoms with Gasteiger partial charge in [0.2, 0.25) is 5.89 Å². The molecule has 0 atom stereocenters. The van der Waals surface area contributed by atoms with E-state index in [1.807, 2.05) is 60.0 Å². The second kappa shape index (κ2) is 8.18. The summed E-state index contributed by atoms with van der Waals surface area (Å²) in [5, 5.41) is 8.89. The molecule has 7 heteroatoms. The van der Waals surface area contributed by atoms with Gasteiger partial charge in [-0.25, -0.2) is 9.97 Å². The molecule has 0 radical (unpaired) electrons. The molecule has 0 aliphatic carbocycles. The lowest BCUT2D eigenvalue weighted by Crippen LogP contribution is -2.04. The second-order valence-corrected chi connectivity index (χ2v) is 6.69. The number of nitrogens with zero attached hydrogens (tertiary/aromatic N) is 3. The maximum atomic E-state index is 10.8. The Morgan fingerprint density at radius 2 is 2.00 bits per heavy atom. The molecule has 0 aliphatic rings. The van der Waals surface area contributed by atoms with Gasteiger partial charge in [0.25, 0.3) is 0 Å².